The van der Waals surface area contributed by atoms with Gasteiger partial charge in [-0.1, -0.05) is 48.4 Å². The molecule has 0 saturated carbocycles. The van der Waals surface area contributed by atoms with Crippen LogP contribution in [0.2, 0.25) is 0 Å². The molecule has 0 aliphatic rings. The van der Waals surface area contributed by atoms with Gasteiger partial charge in [0.2, 0.25) is 0 Å². The first-order valence-corrected chi connectivity index (χ1v) is 14.8. The van der Waals surface area contributed by atoms with Gasteiger partial charge in [0, 0.05) is 30.0 Å². The maximum atomic E-state index is 13.9. The first kappa shape index (κ1) is 33.9. The molecule has 16 heteroatoms. The summed E-state index contributed by atoms with van der Waals surface area (Å²) in [6.07, 6.45) is -14.0. The van der Waals surface area contributed by atoms with E-state index >= 15 is 0 Å². The van der Waals surface area contributed by atoms with Gasteiger partial charge in [0.15, 0.2) is 0 Å². The minimum atomic E-state index is -5.10. The fourth-order valence-corrected chi connectivity index (χ4v) is 6.02. The molecule has 0 amide bonds. The molecular formula is C31H25F9N6S. The molecule has 0 aliphatic heterocycles. The number of halogens is 9. The van der Waals surface area contributed by atoms with Crippen molar-refractivity contribution in [1.82, 2.24) is 25.2 Å². The van der Waals surface area contributed by atoms with Crippen molar-refractivity contribution in [3.63, 3.8) is 0 Å². The topological polar surface area (TPSA) is 59.7 Å². The van der Waals surface area contributed by atoms with Crippen molar-refractivity contribution in [1.29, 1.82) is 0 Å². The van der Waals surface area contributed by atoms with Crippen molar-refractivity contribution in [3.8, 4) is 11.3 Å². The second-order valence-corrected chi connectivity index (χ2v) is 11.8. The Kier molecular flexibility index (Phi) is 9.35. The zero-order chi connectivity index (χ0) is 34.1. The summed E-state index contributed by atoms with van der Waals surface area (Å²) in [4.78, 5) is 7.73. The molecule has 0 fully saturated rings. The Bertz CT molecular complexity index is 1810. The number of benzene rings is 3. The summed E-state index contributed by atoms with van der Waals surface area (Å²) in [5, 5.41) is 12.3. The van der Waals surface area contributed by atoms with E-state index in [1.807, 2.05) is 37.3 Å². The van der Waals surface area contributed by atoms with Gasteiger partial charge in [-0.25, -0.2) is 4.98 Å². The average Bonchev–Trinajstić information content (AvgIpc) is 3.61. The molecule has 0 aliphatic carbocycles. The summed E-state index contributed by atoms with van der Waals surface area (Å²) < 4.78 is 124. The average molecular weight is 685 g/mol. The molecule has 0 N–H and O–H groups in total. The molecule has 5 aromatic rings. The summed E-state index contributed by atoms with van der Waals surface area (Å²) in [6.45, 7) is 0.817. The Morgan fingerprint density at radius 2 is 1.38 bits per heavy atom. The van der Waals surface area contributed by atoms with Crippen molar-refractivity contribution in [2.45, 2.75) is 51.4 Å². The summed E-state index contributed by atoms with van der Waals surface area (Å²) in [7, 11) is 1.38. The van der Waals surface area contributed by atoms with Crippen LogP contribution in [0.1, 0.15) is 50.2 Å². The van der Waals surface area contributed by atoms with E-state index in [4.69, 9.17) is 4.98 Å². The van der Waals surface area contributed by atoms with Crippen molar-refractivity contribution >= 4 is 17.3 Å². The van der Waals surface area contributed by atoms with Crippen LogP contribution in [0.5, 0.6) is 0 Å². The Labute approximate surface area is 266 Å². The lowest BCUT2D eigenvalue weighted by atomic mass is 9.98. The molecule has 0 radical (unpaired) electrons. The van der Waals surface area contributed by atoms with Crippen molar-refractivity contribution < 1.29 is 39.5 Å². The maximum absolute atomic E-state index is 13.9. The number of anilines is 1. The maximum Gasteiger partial charge on any atom is 0.416 e. The highest BCUT2D eigenvalue weighted by atomic mass is 32.1. The van der Waals surface area contributed by atoms with Gasteiger partial charge in [0.05, 0.1) is 34.4 Å². The predicted octanol–water partition coefficient (Wildman–Crippen LogP) is 8.75. The number of aryl methyl sites for hydroxylation is 2. The van der Waals surface area contributed by atoms with Crippen LogP contribution in [-0.2, 0) is 51.5 Å². The molecule has 0 bridgehead atoms. The van der Waals surface area contributed by atoms with Crippen molar-refractivity contribution in [2.75, 3.05) is 4.90 Å². The lowest BCUT2D eigenvalue weighted by Crippen LogP contribution is -2.25. The van der Waals surface area contributed by atoms with Crippen LogP contribution in [-0.4, -0.2) is 25.2 Å². The Hall–Kier alpha value is -4.47. The second kappa shape index (κ2) is 13.0. The van der Waals surface area contributed by atoms with Gasteiger partial charge < -0.3 is 4.90 Å². The first-order chi connectivity index (χ1) is 22.0. The molecule has 3 aromatic carbocycles. The quantitative estimate of drug-likeness (QED) is 0.145. The molecule has 6 nitrogen and oxygen atoms in total. The van der Waals surface area contributed by atoms with Crippen LogP contribution in [0.4, 0.5) is 45.5 Å². The van der Waals surface area contributed by atoms with E-state index in [-0.39, 0.29) is 17.6 Å². The number of thiazole rings is 1. The van der Waals surface area contributed by atoms with E-state index < -0.39 is 53.9 Å². The molecule has 0 unspecified atom stereocenters. The highest BCUT2D eigenvalue weighted by Crippen LogP contribution is 2.39. The predicted molar refractivity (Wildman–Crippen MR) is 156 cm³/mol. The van der Waals surface area contributed by atoms with Crippen LogP contribution in [0.3, 0.4) is 0 Å². The van der Waals surface area contributed by atoms with Gasteiger partial charge in [0.25, 0.3) is 5.95 Å². The summed E-state index contributed by atoms with van der Waals surface area (Å²) in [6, 6.07) is 13.6. The van der Waals surface area contributed by atoms with E-state index in [1.165, 1.54) is 29.4 Å². The third-order valence-corrected chi connectivity index (χ3v) is 8.31. The number of tetrazole rings is 1. The number of hydrogen-bond donors (Lipinski definition) is 0. The molecular weight excluding hydrogens is 659 g/mol. The summed E-state index contributed by atoms with van der Waals surface area (Å²) >= 11 is 1.40. The Morgan fingerprint density at radius 3 is 1.94 bits per heavy atom. The van der Waals surface area contributed by atoms with Gasteiger partial charge in [0.1, 0.15) is 0 Å². The van der Waals surface area contributed by atoms with Gasteiger partial charge in [-0.15, -0.1) is 16.4 Å². The van der Waals surface area contributed by atoms with Gasteiger partial charge >= 0.3 is 18.5 Å². The fourth-order valence-electron chi connectivity index (χ4n) is 4.96. The smallest absolute Gasteiger partial charge is 0.330 e. The van der Waals surface area contributed by atoms with E-state index in [0.29, 0.717) is 41.2 Å². The Morgan fingerprint density at radius 1 is 0.745 bits per heavy atom. The summed E-state index contributed by atoms with van der Waals surface area (Å²) in [5.41, 5.74) is -2.70. The number of rotatable bonds is 9. The van der Waals surface area contributed by atoms with Crippen molar-refractivity contribution in [2.24, 2.45) is 7.05 Å². The van der Waals surface area contributed by atoms with Crippen LogP contribution in [0, 0.1) is 0 Å². The molecule has 248 valence electrons. The third-order valence-electron chi connectivity index (χ3n) is 7.11. The molecule has 0 saturated heterocycles. The van der Waals surface area contributed by atoms with E-state index in [0.717, 1.165) is 27.4 Å². The lowest BCUT2D eigenvalue weighted by Gasteiger charge is -2.24. The third kappa shape index (κ3) is 8.10. The monoisotopic (exact) mass is 684 g/mol. The fraction of sp³-hybridized carbons (Fsp3) is 0.290. The van der Waals surface area contributed by atoms with Crippen LogP contribution >= 0.6 is 11.3 Å². The molecule has 2 heterocycles. The molecule has 47 heavy (non-hydrogen) atoms. The molecule has 5 rings (SSSR count). The van der Waals surface area contributed by atoms with Gasteiger partial charge in [-0.2, -0.15) is 44.3 Å². The minimum absolute atomic E-state index is 0.000860. The number of alkyl halides is 9. The van der Waals surface area contributed by atoms with E-state index in [9.17, 15) is 39.5 Å². The number of hydrogen-bond acceptors (Lipinski definition) is 6. The van der Waals surface area contributed by atoms with Crippen LogP contribution < -0.4 is 4.90 Å². The minimum Gasteiger partial charge on any atom is -0.330 e. The normalized spacial score (nSPS) is 12.5. The van der Waals surface area contributed by atoms with Crippen LogP contribution in [0.25, 0.3) is 11.3 Å². The second-order valence-electron chi connectivity index (χ2n) is 10.6. The molecule has 0 atom stereocenters. The van der Waals surface area contributed by atoms with Gasteiger partial charge in [-0.05, 0) is 58.7 Å². The first-order valence-electron chi connectivity index (χ1n) is 14.0. The summed E-state index contributed by atoms with van der Waals surface area (Å²) in [5.74, 6) is -0.222. The van der Waals surface area contributed by atoms with Gasteiger partial charge in [-0.3, -0.25) is 0 Å². The molecule has 0 spiro atoms. The van der Waals surface area contributed by atoms with Crippen molar-refractivity contribution in [3.05, 3.63) is 110 Å². The number of aromatic nitrogens is 5. The zero-order valence-electron chi connectivity index (χ0n) is 24.7. The molecule has 2 aromatic heterocycles. The standard InChI is InChI=1S/C31H25F9N6S/c1-3-25-27(41-26(47-25)13-18-7-5-4-6-8-18)24-10-9-21(29(32,33)34)14-20(24)17-46(28-42-44-45(2)43-28)16-19-11-22(30(35,36)37)15-23(12-19)31(38,39)40/h4-12,14-15H,3,13,16-17H2,1-2H3. The van der Waals surface area contributed by atoms with Crippen LogP contribution in [0.15, 0.2) is 66.7 Å². The Balaban J connectivity index is 1.62. The van der Waals surface area contributed by atoms with E-state index in [1.54, 1.807) is 0 Å². The number of nitrogens with zero attached hydrogens (tertiary/aromatic N) is 6. The SMILES string of the molecule is CCc1sc(Cc2ccccc2)nc1-c1ccc(C(F)(F)F)cc1CN(Cc1cc(C(F)(F)F)cc(C(F)(F)F)c1)c1nnn(C)n1. The largest absolute Gasteiger partial charge is 0.416 e. The highest BCUT2D eigenvalue weighted by Gasteiger charge is 2.37. The van der Waals surface area contributed by atoms with E-state index in [2.05, 4.69) is 15.4 Å². The zero-order valence-corrected chi connectivity index (χ0v) is 25.5. The lowest BCUT2D eigenvalue weighted by molar-refractivity contribution is -0.143. The highest BCUT2D eigenvalue weighted by molar-refractivity contribution is 7.12.